The molecule has 2 aromatic carbocycles. The summed E-state index contributed by atoms with van der Waals surface area (Å²) in [6, 6.07) is 11.3. The molecule has 0 aliphatic heterocycles. The van der Waals surface area contributed by atoms with Crippen molar-refractivity contribution in [2.24, 2.45) is 0 Å². The molecule has 0 unspecified atom stereocenters. The van der Waals surface area contributed by atoms with Crippen LogP contribution in [0.3, 0.4) is 0 Å². The molecule has 4 nitrogen and oxygen atoms in total. The summed E-state index contributed by atoms with van der Waals surface area (Å²) in [6.45, 7) is 7.13. The van der Waals surface area contributed by atoms with Crippen molar-refractivity contribution < 1.29 is 19.0 Å². The minimum Gasteiger partial charge on any atom is -0.493 e. The van der Waals surface area contributed by atoms with E-state index in [-0.39, 0.29) is 0 Å². The van der Waals surface area contributed by atoms with Crippen molar-refractivity contribution in [1.82, 2.24) is 0 Å². The molecule has 23 heavy (non-hydrogen) atoms. The zero-order valence-corrected chi connectivity index (χ0v) is 13.8. The van der Waals surface area contributed by atoms with Crippen LogP contribution in [-0.4, -0.2) is 20.2 Å². The van der Waals surface area contributed by atoms with E-state index >= 15 is 0 Å². The van der Waals surface area contributed by atoms with E-state index in [0.29, 0.717) is 22.8 Å². The van der Waals surface area contributed by atoms with Gasteiger partial charge in [-0.25, -0.2) is 4.79 Å². The smallest absolute Gasteiger partial charge is 0.338 e. The number of methoxy groups -OCH3 is 2. The van der Waals surface area contributed by atoms with Crippen LogP contribution in [0.4, 0.5) is 0 Å². The largest absolute Gasteiger partial charge is 0.493 e. The first-order valence-corrected chi connectivity index (χ1v) is 7.17. The monoisotopic (exact) mass is 312 g/mol. The van der Waals surface area contributed by atoms with Crippen LogP contribution < -0.4 is 14.2 Å². The first-order valence-electron chi connectivity index (χ1n) is 7.17. The van der Waals surface area contributed by atoms with E-state index < -0.39 is 5.97 Å². The second kappa shape index (κ2) is 7.01. The van der Waals surface area contributed by atoms with E-state index in [1.54, 1.807) is 27.2 Å². The maximum Gasteiger partial charge on any atom is 0.338 e. The van der Waals surface area contributed by atoms with Crippen LogP contribution in [-0.2, 0) is 4.79 Å². The van der Waals surface area contributed by atoms with Gasteiger partial charge < -0.3 is 14.2 Å². The van der Waals surface area contributed by atoms with Crippen molar-refractivity contribution in [2.45, 2.75) is 13.8 Å². The molecule has 0 spiro atoms. The van der Waals surface area contributed by atoms with Gasteiger partial charge in [0.1, 0.15) is 5.75 Å². The highest BCUT2D eigenvalue weighted by Gasteiger charge is 2.13. The summed E-state index contributed by atoms with van der Waals surface area (Å²) in [5.41, 5.74) is 3.14. The molecule has 0 fully saturated rings. The van der Waals surface area contributed by atoms with Gasteiger partial charge in [-0.1, -0.05) is 24.8 Å². The van der Waals surface area contributed by atoms with Gasteiger partial charge in [-0.05, 0) is 48.7 Å². The highest BCUT2D eigenvalue weighted by Crippen LogP contribution is 2.35. The Bertz CT molecular complexity index is 747. The number of carbonyl (C=O) groups excluding carboxylic acids is 1. The lowest BCUT2D eigenvalue weighted by Crippen LogP contribution is -2.09. The van der Waals surface area contributed by atoms with E-state index in [2.05, 4.69) is 6.58 Å². The van der Waals surface area contributed by atoms with Crippen LogP contribution in [0.25, 0.3) is 11.1 Å². The molecule has 0 amide bonds. The van der Waals surface area contributed by atoms with Crippen LogP contribution in [0.2, 0.25) is 0 Å². The lowest BCUT2D eigenvalue weighted by molar-refractivity contribution is -0.130. The number of esters is 1. The summed E-state index contributed by atoms with van der Waals surface area (Å²) in [5, 5.41) is 0. The molecule has 2 rings (SSSR count). The molecule has 0 heterocycles. The fourth-order valence-electron chi connectivity index (χ4n) is 2.23. The molecule has 4 heteroatoms. The molecule has 0 aromatic heterocycles. The van der Waals surface area contributed by atoms with Gasteiger partial charge in [0, 0.05) is 5.57 Å². The van der Waals surface area contributed by atoms with Crippen molar-refractivity contribution in [2.75, 3.05) is 14.2 Å². The molecule has 0 aliphatic carbocycles. The molecular formula is C19H20O4. The molecule has 0 saturated carbocycles. The van der Waals surface area contributed by atoms with Crippen molar-refractivity contribution in [3.05, 3.63) is 54.1 Å². The maximum absolute atomic E-state index is 11.7. The highest BCUT2D eigenvalue weighted by molar-refractivity contribution is 5.89. The molecule has 120 valence electrons. The second-order valence-electron chi connectivity index (χ2n) is 5.17. The number of rotatable bonds is 5. The Morgan fingerprint density at radius 2 is 1.70 bits per heavy atom. The van der Waals surface area contributed by atoms with E-state index in [9.17, 15) is 4.79 Å². The summed E-state index contributed by atoms with van der Waals surface area (Å²) in [7, 11) is 3.19. The standard InChI is InChI=1S/C19H20O4/c1-12(2)19(20)23-16-8-6-7-15(13(16)3)14-9-10-17(21-4)18(11-14)22-5/h6-11H,1H2,2-5H3. The quantitative estimate of drug-likeness (QED) is 0.472. The molecule has 0 N–H and O–H groups in total. The Kier molecular flexibility index (Phi) is 5.06. The number of carbonyl (C=O) groups is 1. The van der Waals surface area contributed by atoms with E-state index in [1.165, 1.54) is 0 Å². The third-order valence-corrected chi connectivity index (χ3v) is 3.53. The first kappa shape index (κ1) is 16.6. The Morgan fingerprint density at radius 3 is 2.30 bits per heavy atom. The highest BCUT2D eigenvalue weighted by atomic mass is 16.5. The van der Waals surface area contributed by atoms with E-state index in [0.717, 1.165) is 16.7 Å². The number of ether oxygens (including phenoxy) is 3. The Morgan fingerprint density at radius 1 is 1.00 bits per heavy atom. The van der Waals surface area contributed by atoms with Crippen molar-refractivity contribution in [3.8, 4) is 28.4 Å². The molecule has 0 aliphatic rings. The zero-order valence-electron chi connectivity index (χ0n) is 13.8. The summed E-state index contributed by atoms with van der Waals surface area (Å²) in [5.74, 6) is 1.40. The fourth-order valence-corrected chi connectivity index (χ4v) is 2.23. The maximum atomic E-state index is 11.7. The minimum absolute atomic E-state index is 0.362. The summed E-state index contributed by atoms with van der Waals surface area (Å²) in [6.07, 6.45) is 0. The molecule has 2 aromatic rings. The van der Waals surface area contributed by atoms with Gasteiger partial charge in [-0.2, -0.15) is 0 Å². The normalized spacial score (nSPS) is 10.1. The lowest BCUT2D eigenvalue weighted by Gasteiger charge is -2.14. The average Bonchev–Trinajstić information content (AvgIpc) is 2.55. The third kappa shape index (κ3) is 3.54. The topological polar surface area (TPSA) is 44.8 Å². The van der Waals surface area contributed by atoms with Gasteiger partial charge in [0.25, 0.3) is 0 Å². The van der Waals surface area contributed by atoms with Gasteiger partial charge in [0.15, 0.2) is 11.5 Å². The van der Waals surface area contributed by atoms with Gasteiger partial charge in [0.2, 0.25) is 0 Å². The van der Waals surface area contributed by atoms with Crippen LogP contribution in [0, 0.1) is 6.92 Å². The Hall–Kier alpha value is -2.75. The van der Waals surface area contributed by atoms with Gasteiger partial charge in [-0.3, -0.25) is 0 Å². The molecule has 0 saturated heterocycles. The fraction of sp³-hybridized carbons (Fsp3) is 0.211. The van der Waals surface area contributed by atoms with Crippen LogP contribution in [0.15, 0.2) is 48.6 Å². The molecule has 0 bridgehead atoms. The van der Waals surface area contributed by atoms with Gasteiger partial charge in [0.05, 0.1) is 14.2 Å². The molecule has 0 atom stereocenters. The van der Waals surface area contributed by atoms with E-state index in [4.69, 9.17) is 14.2 Å². The van der Waals surface area contributed by atoms with Crippen LogP contribution in [0.5, 0.6) is 17.2 Å². The number of hydrogen-bond donors (Lipinski definition) is 0. The summed E-state index contributed by atoms with van der Waals surface area (Å²) < 4.78 is 16.0. The summed E-state index contributed by atoms with van der Waals surface area (Å²) >= 11 is 0. The third-order valence-electron chi connectivity index (χ3n) is 3.53. The van der Waals surface area contributed by atoms with Crippen molar-refractivity contribution >= 4 is 5.97 Å². The first-order chi connectivity index (χ1) is 11.0. The average molecular weight is 312 g/mol. The Balaban J connectivity index is 2.44. The molecule has 0 radical (unpaired) electrons. The zero-order chi connectivity index (χ0) is 17.0. The van der Waals surface area contributed by atoms with E-state index in [1.807, 2.05) is 37.3 Å². The predicted octanol–water partition coefficient (Wildman–Crippen LogP) is 4.16. The second-order valence-corrected chi connectivity index (χ2v) is 5.17. The molecular weight excluding hydrogens is 292 g/mol. The Labute approximate surface area is 136 Å². The lowest BCUT2D eigenvalue weighted by atomic mass is 9.99. The minimum atomic E-state index is -0.433. The number of benzene rings is 2. The predicted molar refractivity (Wildman–Crippen MR) is 90.2 cm³/mol. The van der Waals surface area contributed by atoms with Crippen LogP contribution in [0.1, 0.15) is 12.5 Å². The van der Waals surface area contributed by atoms with Crippen molar-refractivity contribution in [1.29, 1.82) is 0 Å². The SMILES string of the molecule is C=C(C)C(=O)Oc1cccc(-c2ccc(OC)c(OC)c2)c1C. The van der Waals surface area contributed by atoms with Gasteiger partial charge in [-0.15, -0.1) is 0 Å². The van der Waals surface area contributed by atoms with Gasteiger partial charge >= 0.3 is 5.97 Å². The number of hydrogen-bond acceptors (Lipinski definition) is 4. The summed E-state index contributed by atoms with van der Waals surface area (Å²) in [4.78, 5) is 11.7. The van der Waals surface area contributed by atoms with Crippen LogP contribution >= 0.6 is 0 Å². The van der Waals surface area contributed by atoms with Crippen molar-refractivity contribution in [3.63, 3.8) is 0 Å².